The Morgan fingerprint density at radius 2 is 1.85 bits per heavy atom. The summed E-state index contributed by atoms with van der Waals surface area (Å²) >= 11 is 14.0. The number of halogens is 3. The van der Waals surface area contributed by atoms with Crippen LogP contribution in [-0.4, -0.2) is 12.1 Å². The lowest BCUT2D eigenvalue weighted by Crippen LogP contribution is -2.17. The third-order valence-electron chi connectivity index (χ3n) is 2.44. The second kappa shape index (κ2) is 7.06. The molecule has 0 unspecified atom stereocenters. The van der Waals surface area contributed by atoms with E-state index in [1.165, 1.54) is 6.21 Å². The molecular weight excluding hydrogens is 410 g/mol. The van der Waals surface area contributed by atoms with Crippen LogP contribution in [0.5, 0.6) is 0 Å². The van der Waals surface area contributed by atoms with Gasteiger partial charge in [-0.2, -0.15) is 5.10 Å². The average molecular weight is 419 g/mol. The molecule has 0 saturated heterocycles. The lowest BCUT2D eigenvalue weighted by Gasteiger charge is -2.01. The highest BCUT2D eigenvalue weighted by Gasteiger charge is 2.03. The van der Waals surface area contributed by atoms with Crippen molar-refractivity contribution < 1.29 is 4.79 Å². The minimum atomic E-state index is -0.275. The van der Waals surface area contributed by atoms with Crippen LogP contribution in [0.3, 0.4) is 0 Å². The zero-order chi connectivity index (χ0) is 14.5. The molecule has 3 nitrogen and oxygen atoms in total. The third kappa shape index (κ3) is 4.19. The molecule has 0 fully saturated rings. The fraction of sp³-hybridized carbons (Fsp3) is 0. The van der Waals surface area contributed by atoms with Gasteiger partial charge in [0.25, 0.3) is 5.91 Å². The number of carbonyl (C=O) groups is 1. The van der Waals surface area contributed by atoms with E-state index >= 15 is 0 Å². The SMILES string of the molecule is O=C(N/N=C\c1ccc(Cl)cc1Cl)c1ccc(I)cc1. The van der Waals surface area contributed by atoms with Gasteiger partial charge in [-0.3, -0.25) is 4.79 Å². The summed E-state index contributed by atoms with van der Waals surface area (Å²) < 4.78 is 1.07. The van der Waals surface area contributed by atoms with E-state index in [4.69, 9.17) is 23.2 Å². The lowest BCUT2D eigenvalue weighted by atomic mass is 10.2. The van der Waals surface area contributed by atoms with Crippen LogP contribution in [0.15, 0.2) is 47.6 Å². The Hall–Kier alpha value is -1.11. The van der Waals surface area contributed by atoms with E-state index in [2.05, 4.69) is 33.1 Å². The first-order valence-corrected chi connectivity index (χ1v) is 7.44. The normalized spacial score (nSPS) is 10.8. The summed E-state index contributed by atoms with van der Waals surface area (Å²) in [5.41, 5.74) is 3.67. The van der Waals surface area contributed by atoms with Gasteiger partial charge in [0.05, 0.1) is 11.2 Å². The molecule has 0 bridgehead atoms. The van der Waals surface area contributed by atoms with E-state index in [9.17, 15) is 4.79 Å². The fourth-order valence-electron chi connectivity index (χ4n) is 1.43. The summed E-state index contributed by atoms with van der Waals surface area (Å²) in [6.45, 7) is 0. The van der Waals surface area contributed by atoms with E-state index in [0.717, 1.165) is 3.57 Å². The lowest BCUT2D eigenvalue weighted by molar-refractivity contribution is 0.0955. The summed E-state index contributed by atoms with van der Waals surface area (Å²) in [5.74, 6) is -0.275. The molecule has 20 heavy (non-hydrogen) atoms. The highest BCUT2D eigenvalue weighted by molar-refractivity contribution is 14.1. The summed E-state index contributed by atoms with van der Waals surface area (Å²) in [6.07, 6.45) is 1.48. The van der Waals surface area contributed by atoms with Crippen molar-refractivity contribution in [1.29, 1.82) is 0 Å². The van der Waals surface area contributed by atoms with Crippen molar-refractivity contribution in [2.45, 2.75) is 0 Å². The van der Waals surface area contributed by atoms with Crippen molar-refractivity contribution in [2.75, 3.05) is 0 Å². The standard InChI is InChI=1S/C14H9Cl2IN2O/c15-11-4-1-10(13(16)7-11)8-18-19-14(20)9-2-5-12(17)6-3-9/h1-8H,(H,19,20)/b18-8-. The second-order valence-corrected chi connectivity index (χ2v) is 5.96. The first-order chi connectivity index (χ1) is 9.56. The first-order valence-electron chi connectivity index (χ1n) is 5.60. The number of carbonyl (C=O) groups excluding carboxylic acids is 1. The molecule has 0 aliphatic rings. The number of amides is 1. The number of hydrogen-bond acceptors (Lipinski definition) is 2. The van der Waals surface area contributed by atoms with Gasteiger partial charge >= 0.3 is 0 Å². The van der Waals surface area contributed by atoms with Crippen molar-refractivity contribution in [3.05, 3.63) is 67.2 Å². The Bertz CT molecular complexity index is 657. The summed E-state index contributed by atoms with van der Waals surface area (Å²) in [5, 5.41) is 4.90. The molecule has 0 atom stereocenters. The Kier molecular flexibility index (Phi) is 5.39. The Morgan fingerprint density at radius 3 is 2.50 bits per heavy atom. The summed E-state index contributed by atoms with van der Waals surface area (Å²) in [6, 6.07) is 12.2. The van der Waals surface area contributed by atoms with E-state index in [-0.39, 0.29) is 5.91 Å². The molecule has 0 aliphatic carbocycles. The van der Waals surface area contributed by atoms with Gasteiger partial charge in [0, 0.05) is 19.7 Å². The quantitative estimate of drug-likeness (QED) is 0.449. The molecule has 2 aromatic rings. The van der Waals surface area contributed by atoms with Crippen LogP contribution in [0.2, 0.25) is 10.0 Å². The maximum atomic E-state index is 11.8. The fourth-order valence-corrected chi connectivity index (χ4v) is 2.25. The Labute approximate surface area is 140 Å². The minimum absolute atomic E-state index is 0.275. The van der Waals surface area contributed by atoms with E-state index in [1.807, 2.05) is 12.1 Å². The minimum Gasteiger partial charge on any atom is -0.267 e. The van der Waals surface area contributed by atoms with Crippen LogP contribution in [0.1, 0.15) is 15.9 Å². The van der Waals surface area contributed by atoms with E-state index < -0.39 is 0 Å². The second-order valence-electron chi connectivity index (χ2n) is 3.87. The highest BCUT2D eigenvalue weighted by Crippen LogP contribution is 2.19. The molecule has 1 amide bonds. The van der Waals surface area contributed by atoms with Crippen LogP contribution in [-0.2, 0) is 0 Å². The van der Waals surface area contributed by atoms with E-state index in [1.54, 1.807) is 30.3 Å². The van der Waals surface area contributed by atoms with Crippen LogP contribution in [0, 0.1) is 3.57 Å². The molecule has 0 spiro atoms. The molecule has 0 radical (unpaired) electrons. The molecule has 1 N–H and O–H groups in total. The molecule has 2 rings (SSSR count). The summed E-state index contributed by atoms with van der Waals surface area (Å²) in [4.78, 5) is 11.8. The van der Waals surface area contributed by atoms with Gasteiger partial charge in [0.2, 0.25) is 0 Å². The van der Waals surface area contributed by atoms with Gasteiger partial charge in [0.1, 0.15) is 0 Å². The van der Waals surface area contributed by atoms with Gasteiger partial charge in [0.15, 0.2) is 0 Å². The van der Waals surface area contributed by atoms with Crippen molar-refractivity contribution >= 4 is 57.9 Å². The van der Waals surface area contributed by atoms with Gasteiger partial charge in [-0.25, -0.2) is 5.43 Å². The molecule has 0 aromatic heterocycles. The number of hydrogen-bond donors (Lipinski definition) is 1. The predicted octanol–water partition coefficient (Wildman–Crippen LogP) is 4.36. The van der Waals surface area contributed by atoms with Gasteiger partial charge in [-0.05, 0) is 59.0 Å². The Morgan fingerprint density at radius 1 is 1.15 bits per heavy atom. The Balaban J connectivity index is 2.02. The van der Waals surface area contributed by atoms with Gasteiger partial charge < -0.3 is 0 Å². The smallest absolute Gasteiger partial charge is 0.267 e. The maximum absolute atomic E-state index is 11.8. The number of nitrogens with zero attached hydrogens (tertiary/aromatic N) is 1. The van der Waals surface area contributed by atoms with Crippen LogP contribution in [0.4, 0.5) is 0 Å². The first kappa shape index (κ1) is 15.3. The molecule has 6 heteroatoms. The zero-order valence-electron chi connectivity index (χ0n) is 10.1. The molecule has 0 saturated carbocycles. The molecule has 2 aromatic carbocycles. The van der Waals surface area contributed by atoms with Crippen LogP contribution >= 0.6 is 45.8 Å². The molecule has 0 heterocycles. The predicted molar refractivity (Wildman–Crippen MR) is 90.7 cm³/mol. The largest absolute Gasteiger partial charge is 0.271 e. The highest BCUT2D eigenvalue weighted by atomic mass is 127. The van der Waals surface area contributed by atoms with Gasteiger partial charge in [-0.15, -0.1) is 0 Å². The summed E-state index contributed by atoms with van der Waals surface area (Å²) in [7, 11) is 0. The third-order valence-corrected chi connectivity index (χ3v) is 3.72. The van der Waals surface area contributed by atoms with Gasteiger partial charge in [-0.1, -0.05) is 29.3 Å². The maximum Gasteiger partial charge on any atom is 0.271 e. The van der Waals surface area contributed by atoms with Crippen LogP contribution < -0.4 is 5.43 Å². The molecular formula is C14H9Cl2IN2O. The number of rotatable bonds is 3. The topological polar surface area (TPSA) is 41.5 Å². The monoisotopic (exact) mass is 418 g/mol. The zero-order valence-corrected chi connectivity index (χ0v) is 13.8. The number of benzene rings is 2. The van der Waals surface area contributed by atoms with Crippen LogP contribution in [0.25, 0.3) is 0 Å². The number of hydrazone groups is 1. The van der Waals surface area contributed by atoms with Crippen molar-refractivity contribution in [3.63, 3.8) is 0 Å². The number of nitrogens with one attached hydrogen (secondary N) is 1. The van der Waals surface area contributed by atoms with E-state index in [0.29, 0.717) is 21.2 Å². The molecule has 0 aliphatic heterocycles. The van der Waals surface area contributed by atoms with Crippen molar-refractivity contribution in [2.24, 2.45) is 5.10 Å². The molecule has 102 valence electrons. The van der Waals surface area contributed by atoms with Crippen molar-refractivity contribution in [1.82, 2.24) is 5.43 Å². The average Bonchev–Trinajstić information content (AvgIpc) is 2.42. The van der Waals surface area contributed by atoms with Crippen molar-refractivity contribution in [3.8, 4) is 0 Å².